The number of halogens is 1. The second-order valence-electron chi connectivity index (χ2n) is 4.10. The van der Waals surface area contributed by atoms with Crippen molar-refractivity contribution in [2.24, 2.45) is 0 Å². The minimum Gasteiger partial charge on any atom is -0.496 e. The van der Waals surface area contributed by atoms with Crippen LogP contribution < -0.4 is 10.1 Å². The maximum Gasteiger partial charge on any atom is 0.133 e. The minimum atomic E-state index is -0.221. The largest absolute Gasteiger partial charge is 0.496 e. The molecule has 0 spiro atoms. The molecule has 2 rings (SSSR count). The molecule has 2 unspecified atom stereocenters. The van der Waals surface area contributed by atoms with E-state index in [0.29, 0.717) is 0 Å². The lowest BCUT2D eigenvalue weighted by molar-refractivity contribution is 0.172. The van der Waals surface area contributed by atoms with Crippen LogP contribution in [0, 0.1) is 0 Å². The van der Waals surface area contributed by atoms with Gasteiger partial charge in [0.15, 0.2) is 0 Å². The van der Waals surface area contributed by atoms with Crippen molar-refractivity contribution in [2.45, 2.75) is 31.4 Å². The third-order valence-corrected chi connectivity index (χ3v) is 3.60. The zero-order valence-corrected chi connectivity index (χ0v) is 10.8. The molecule has 0 aromatic heterocycles. The number of hydrogen-bond acceptors (Lipinski definition) is 3. The van der Waals surface area contributed by atoms with Gasteiger partial charge in [-0.15, -0.1) is 0 Å². The summed E-state index contributed by atoms with van der Waals surface area (Å²) in [4.78, 5) is 0. The number of nitrogens with one attached hydrogen (secondary N) is 1. The zero-order valence-electron chi connectivity index (χ0n) is 9.24. The van der Waals surface area contributed by atoms with E-state index < -0.39 is 0 Å². The Labute approximate surface area is 104 Å². The average Bonchev–Trinajstić information content (AvgIpc) is 2.65. The van der Waals surface area contributed by atoms with E-state index in [9.17, 15) is 5.11 Å². The third kappa shape index (κ3) is 2.50. The van der Waals surface area contributed by atoms with Crippen LogP contribution in [0.1, 0.15) is 19.3 Å². The summed E-state index contributed by atoms with van der Waals surface area (Å²) >= 11 is 3.44. The molecule has 1 aromatic rings. The second kappa shape index (κ2) is 5.06. The Hall–Kier alpha value is -0.740. The van der Waals surface area contributed by atoms with Crippen LogP contribution in [0.25, 0.3) is 0 Å². The summed E-state index contributed by atoms with van der Waals surface area (Å²) in [5.74, 6) is 0.817. The van der Waals surface area contributed by atoms with Crippen molar-refractivity contribution in [1.82, 2.24) is 0 Å². The predicted octanol–water partition coefficient (Wildman–Crippen LogP) is 2.78. The van der Waals surface area contributed by atoms with Crippen LogP contribution in [0.15, 0.2) is 22.7 Å². The fourth-order valence-corrected chi connectivity index (χ4v) is 2.62. The standard InChI is InChI=1S/C12H16BrNO2/c1-16-12-6-5-8(7-9(12)13)14-10-3-2-4-11(10)15/h5-7,10-11,14-15H,2-4H2,1H3. The van der Waals surface area contributed by atoms with Crippen LogP contribution in [0.5, 0.6) is 5.75 Å². The van der Waals surface area contributed by atoms with E-state index in [0.717, 1.165) is 35.2 Å². The first-order valence-corrected chi connectivity index (χ1v) is 6.28. The molecule has 0 amide bonds. The predicted molar refractivity (Wildman–Crippen MR) is 68.0 cm³/mol. The maximum absolute atomic E-state index is 9.72. The average molecular weight is 286 g/mol. The smallest absolute Gasteiger partial charge is 0.133 e. The van der Waals surface area contributed by atoms with Gasteiger partial charge in [-0.3, -0.25) is 0 Å². The molecule has 3 nitrogen and oxygen atoms in total. The Bertz CT molecular complexity index is 370. The van der Waals surface area contributed by atoms with Crippen molar-refractivity contribution in [3.63, 3.8) is 0 Å². The van der Waals surface area contributed by atoms with Crippen molar-refractivity contribution in [1.29, 1.82) is 0 Å². The third-order valence-electron chi connectivity index (χ3n) is 2.98. The van der Waals surface area contributed by atoms with Gasteiger partial charge in [0.05, 0.1) is 23.7 Å². The first-order valence-electron chi connectivity index (χ1n) is 5.49. The molecule has 1 saturated carbocycles. The summed E-state index contributed by atoms with van der Waals surface area (Å²) in [7, 11) is 1.65. The molecule has 1 aromatic carbocycles. The lowest BCUT2D eigenvalue weighted by atomic mass is 10.2. The normalized spacial score (nSPS) is 24.4. The number of aliphatic hydroxyl groups is 1. The Kier molecular flexibility index (Phi) is 3.71. The molecular formula is C12H16BrNO2. The van der Waals surface area contributed by atoms with Gasteiger partial charge in [0.25, 0.3) is 0 Å². The van der Waals surface area contributed by atoms with Crippen molar-refractivity contribution < 1.29 is 9.84 Å². The molecule has 0 aliphatic heterocycles. The summed E-state index contributed by atoms with van der Waals surface area (Å²) in [6, 6.07) is 6.03. The SMILES string of the molecule is COc1ccc(NC2CCCC2O)cc1Br. The van der Waals surface area contributed by atoms with E-state index in [4.69, 9.17) is 4.74 Å². The highest BCUT2D eigenvalue weighted by Gasteiger charge is 2.24. The van der Waals surface area contributed by atoms with Crippen LogP contribution in [0.2, 0.25) is 0 Å². The zero-order chi connectivity index (χ0) is 11.5. The summed E-state index contributed by atoms with van der Waals surface area (Å²) < 4.78 is 6.09. The summed E-state index contributed by atoms with van der Waals surface area (Å²) in [6.07, 6.45) is 2.80. The maximum atomic E-state index is 9.72. The van der Waals surface area contributed by atoms with Gasteiger partial charge in [0.2, 0.25) is 0 Å². The molecule has 1 aliphatic rings. The number of rotatable bonds is 3. The number of aliphatic hydroxyl groups excluding tert-OH is 1. The topological polar surface area (TPSA) is 41.5 Å². The number of benzene rings is 1. The Balaban J connectivity index is 2.07. The molecule has 1 aliphatic carbocycles. The van der Waals surface area contributed by atoms with Gasteiger partial charge in [-0.2, -0.15) is 0 Å². The number of ether oxygens (including phenoxy) is 1. The number of methoxy groups -OCH3 is 1. The molecule has 0 radical (unpaired) electrons. The van der Waals surface area contributed by atoms with Gasteiger partial charge >= 0.3 is 0 Å². The summed E-state index contributed by atoms with van der Waals surface area (Å²) in [6.45, 7) is 0. The molecular weight excluding hydrogens is 270 g/mol. The highest BCUT2D eigenvalue weighted by molar-refractivity contribution is 9.10. The van der Waals surface area contributed by atoms with Crippen LogP contribution in [0.3, 0.4) is 0 Å². The molecule has 1 fully saturated rings. The molecule has 2 N–H and O–H groups in total. The van der Waals surface area contributed by atoms with Gasteiger partial charge in [0, 0.05) is 5.69 Å². The van der Waals surface area contributed by atoms with E-state index in [-0.39, 0.29) is 12.1 Å². The fraction of sp³-hybridized carbons (Fsp3) is 0.500. The van der Waals surface area contributed by atoms with E-state index in [2.05, 4.69) is 21.2 Å². The van der Waals surface area contributed by atoms with Gasteiger partial charge in [-0.25, -0.2) is 0 Å². The molecule has 16 heavy (non-hydrogen) atoms. The Morgan fingerprint density at radius 3 is 2.81 bits per heavy atom. The molecule has 0 saturated heterocycles. The highest BCUT2D eigenvalue weighted by atomic mass is 79.9. The molecule has 0 bridgehead atoms. The quantitative estimate of drug-likeness (QED) is 0.897. The van der Waals surface area contributed by atoms with E-state index in [1.165, 1.54) is 0 Å². The molecule has 88 valence electrons. The lowest BCUT2D eigenvalue weighted by Gasteiger charge is -2.18. The van der Waals surface area contributed by atoms with Crippen molar-refractivity contribution in [3.05, 3.63) is 22.7 Å². The summed E-state index contributed by atoms with van der Waals surface area (Å²) in [5, 5.41) is 13.1. The van der Waals surface area contributed by atoms with E-state index in [1.807, 2.05) is 18.2 Å². The minimum absolute atomic E-state index is 0.181. The Morgan fingerprint density at radius 2 is 2.25 bits per heavy atom. The van der Waals surface area contributed by atoms with Crippen molar-refractivity contribution >= 4 is 21.6 Å². The van der Waals surface area contributed by atoms with E-state index >= 15 is 0 Å². The van der Waals surface area contributed by atoms with Crippen LogP contribution in [0.4, 0.5) is 5.69 Å². The van der Waals surface area contributed by atoms with Gasteiger partial charge in [-0.1, -0.05) is 0 Å². The lowest BCUT2D eigenvalue weighted by Crippen LogP contribution is -2.27. The van der Waals surface area contributed by atoms with Gasteiger partial charge in [0.1, 0.15) is 5.75 Å². The van der Waals surface area contributed by atoms with E-state index in [1.54, 1.807) is 7.11 Å². The monoisotopic (exact) mass is 285 g/mol. The first kappa shape index (κ1) is 11.7. The molecule has 4 heteroatoms. The van der Waals surface area contributed by atoms with Crippen molar-refractivity contribution in [3.8, 4) is 5.75 Å². The highest BCUT2D eigenvalue weighted by Crippen LogP contribution is 2.29. The number of anilines is 1. The van der Waals surface area contributed by atoms with Crippen LogP contribution in [-0.2, 0) is 0 Å². The molecule has 2 atom stereocenters. The van der Waals surface area contributed by atoms with Crippen LogP contribution in [-0.4, -0.2) is 24.4 Å². The Morgan fingerprint density at radius 1 is 1.44 bits per heavy atom. The summed E-state index contributed by atoms with van der Waals surface area (Å²) in [5.41, 5.74) is 1.01. The first-order chi connectivity index (χ1) is 7.70. The fourth-order valence-electron chi connectivity index (χ4n) is 2.08. The molecule has 0 heterocycles. The van der Waals surface area contributed by atoms with Gasteiger partial charge in [-0.05, 0) is 53.4 Å². The van der Waals surface area contributed by atoms with Crippen molar-refractivity contribution in [2.75, 3.05) is 12.4 Å². The van der Waals surface area contributed by atoms with Gasteiger partial charge < -0.3 is 15.2 Å². The van der Waals surface area contributed by atoms with Crippen LogP contribution >= 0.6 is 15.9 Å². The number of hydrogen-bond donors (Lipinski definition) is 2. The second-order valence-corrected chi connectivity index (χ2v) is 4.95.